The normalized spacial score (nSPS) is 26.5. The molecule has 3 aliphatic rings. The molecule has 0 radical (unpaired) electrons. The predicted molar refractivity (Wildman–Crippen MR) is 79.9 cm³/mol. The van der Waals surface area contributed by atoms with E-state index >= 15 is 0 Å². The Morgan fingerprint density at radius 3 is 2.90 bits per heavy atom. The van der Waals surface area contributed by atoms with E-state index < -0.39 is 0 Å². The second kappa shape index (κ2) is 4.73. The predicted octanol–water partition coefficient (Wildman–Crippen LogP) is 1.67. The van der Waals surface area contributed by atoms with Gasteiger partial charge in [0.1, 0.15) is 5.75 Å². The number of carbonyl (C=O) groups is 1. The summed E-state index contributed by atoms with van der Waals surface area (Å²) in [6, 6.07) is 5.53. The van der Waals surface area contributed by atoms with Crippen molar-refractivity contribution in [3.63, 3.8) is 0 Å². The minimum atomic E-state index is 0.249. The van der Waals surface area contributed by atoms with Crippen LogP contribution in [0.3, 0.4) is 0 Å². The van der Waals surface area contributed by atoms with E-state index in [1.807, 2.05) is 17.0 Å². The van der Waals surface area contributed by atoms with Crippen molar-refractivity contribution >= 4 is 5.91 Å². The molecule has 1 atom stereocenters. The maximum absolute atomic E-state index is 12.8. The van der Waals surface area contributed by atoms with E-state index in [0.717, 1.165) is 50.9 Å². The van der Waals surface area contributed by atoms with Crippen molar-refractivity contribution in [2.24, 2.45) is 11.3 Å². The third-order valence-electron chi connectivity index (χ3n) is 5.60. The Morgan fingerprint density at radius 2 is 2.10 bits per heavy atom. The van der Waals surface area contributed by atoms with E-state index in [0.29, 0.717) is 23.6 Å². The maximum atomic E-state index is 12.8. The molecule has 112 valence electrons. The molecule has 4 heteroatoms. The molecule has 1 saturated carbocycles. The number of benzene rings is 1. The molecule has 21 heavy (non-hydrogen) atoms. The van der Waals surface area contributed by atoms with Crippen molar-refractivity contribution in [3.05, 3.63) is 29.3 Å². The number of rotatable bonds is 1. The number of piperidine rings is 1. The zero-order chi connectivity index (χ0) is 14.4. The van der Waals surface area contributed by atoms with Gasteiger partial charge in [0.2, 0.25) is 5.91 Å². The molecule has 2 heterocycles. The third-order valence-corrected chi connectivity index (χ3v) is 5.60. The first-order chi connectivity index (χ1) is 10.2. The van der Waals surface area contributed by atoms with Gasteiger partial charge in [-0.2, -0.15) is 0 Å². The van der Waals surface area contributed by atoms with Crippen molar-refractivity contribution in [3.8, 4) is 5.75 Å². The molecule has 2 aliphatic heterocycles. The van der Waals surface area contributed by atoms with E-state index in [9.17, 15) is 9.90 Å². The SMILES string of the molecule is O=C(C1CC12CCNCC2)N1CCc2ccc(O)cc2C1. The first-order valence-corrected chi connectivity index (χ1v) is 7.98. The van der Waals surface area contributed by atoms with Crippen molar-refractivity contribution in [1.82, 2.24) is 10.2 Å². The lowest BCUT2D eigenvalue weighted by Crippen LogP contribution is -2.39. The maximum Gasteiger partial charge on any atom is 0.226 e. The highest BCUT2D eigenvalue weighted by molar-refractivity contribution is 5.83. The number of nitrogens with zero attached hydrogens (tertiary/aromatic N) is 1. The summed E-state index contributed by atoms with van der Waals surface area (Å²) in [7, 11) is 0. The van der Waals surface area contributed by atoms with Gasteiger partial charge in [-0.25, -0.2) is 0 Å². The third kappa shape index (κ3) is 2.22. The Hall–Kier alpha value is -1.55. The number of phenols is 1. The van der Waals surface area contributed by atoms with E-state index in [1.54, 1.807) is 6.07 Å². The number of amides is 1. The summed E-state index contributed by atoms with van der Waals surface area (Å²) in [4.78, 5) is 14.8. The van der Waals surface area contributed by atoms with Crippen molar-refractivity contribution in [1.29, 1.82) is 0 Å². The average molecular weight is 286 g/mol. The van der Waals surface area contributed by atoms with Gasteiger partial charge in [0, 0.05) is 19.0 Å². The van der Waals surface area contributed by atoms with Gasteiger partial charge in [0.25, 0.3) is 0 Å². The number of fused-ring (bicyclic) bond motifs is 1. The highest BCUT2D eigenvalue weighted by Crippen LogP contribution is 2.59. The van der Waals surface area contributed by atoms with Crippen LogP contribution in [0.4, 0.5) is 0 Å². The molecule has 2 fully saturated rings. The molecule has 1 spiro atoms. The van der Waals surface area contributed by atoms with Gasteiger partial charge in [0.05, 0.1) is 0 Å². The number of hydrogen-bond donors (Lipinski definition) is 2. The zero-order valence-corrected chi connectivity index (χ0v) is 12.3. The van der Waals surface area contributed by atoms with Crippen LogP contribution in [0.2, 0.25) is 0 Å². The van der Waals surface area contributed by atoms with E-state index in [2.05, 4.69) is 5.32 Å². The summed E-state index contributed by atoms with van der Waals surface area (Å²) in [6.07, 6.45) is 4.28. The summed E-state index contributed by atoms with van der Waals surface area (Å²) in [5.74, 6) is 0.883. The zero-order valence-electron chi connectivity index (χ0n) is 12.3. The molecular weight excluding hydrogens is 264 g/mol. The van der Waals surface area contributed by atoms with Crippen LogP contribution in [0, 0.1) is 11.3 Å². The number of aromatic hydroxyl groups is 1. The van der Waals surface area contributed by atoms with Crippen LogP contribution in [-0.2, 0) is 17.8 Å². The number of carbonyl (C=O) groups excluding carboxylic acids is 1. The Kier molecular flexibility index (Phi) is 2.96. The molecule has 1 amide bonds. The Balaban J connectivity index is 1.47. The largest absolute Gasteiger partial charge is 0.508 e. The molecule has 4 rings (SSSR count). The summed E-state index contributed by atoms with van der Waals surface area (Å²) in [6.45, 7) is 3.59. The summed E-state index contributed by atoms with van der Waals surface area (Å²) >= 11 is 0. The van der Waals surface area contributed by atoms with Crippen molar-refractivity contribution in [2.45, 2.75) is 32.2 Å². The minimum Gasteiger partial charge on any atom is -0.508 e. The van der Waals surface area contributed by atoms with Gasteiger partial charge < -0.3 is 15.3 Å². The van der Waals surface area contributed by atoms with E-state index in [4.69, 9.17) is 0 Å². The number of phenolic OH excluding ortho intramolecular Hbond substituents is 1. The lowest BCUT2D eigenvalue weighted by atomic mass is 9.91. The standard InChI is InChI=1S/C17H22N2O2/c20-14-2-1-12-3-8-19(11-13(12)9-14)16(21)15-10-17(15)4-6-18-7-5-17/h1-2,9,15,18,20H,3-8,10-11H2. The molecule has 1 aromatic carbocycles. The van der Waals surface area contributed by atoms with E-state index in [1.165, 1.54) is 5.56 Å². The van der Waals surface area contributed by atoms with Gasteiger partial charge in [-0.1, -0.05) is 6.07 Å². The fraction of sp³-hybridized carbons (Fsp3) is 0.588. The lowest BCUT2D eigenvalue weighted by Gasteiger charge is -2.31. The highest BCUT2D eigenvalue weighted by atomic mass is 16.3. The molecule has 1 aliphatic carbocycles. The lowest BCUT2D eigenvalue weighted by molar-refractivity contribution is -0.134. The van der Waals surface area contributed by atoms with Crippen molar-refractivity contribution < 1.29 is 9.90 Å². The fourth-order valence-electron chi connectivity index (χ4n) is 4.13. The van der Waals surface area contributed by atoms with Crippen LogP contribution in [0.15, 0.2) is 18.2 Å². The highest BCUT2D eigenvalue weighted by Gasteiger charge is 2.58. The van der Waals surface area contributed by atoms with Crippen LogP contribution >= 0.6 is 0 Å². The topological polar surface area (TPSA) is 52.6 Å². The van der Waals surface area contributed by atoms with Gasteiger partial charge in [-0.05, 0) is 67.4 Å². The van der Waals surface area contributed by atoms with Crippen molar-refractivity contribution in [2.75, 3.05) is 19.6 Å². The summed E-state index contributed by atoms with van der Waals surface area (Å²) in [5, 5.41) is 13.0. The minimum absolute atomic E-state index is 0.249. The molecule has 4 nitrogen and oxygen atoms in total. The van der Waals surface area contributed by atoms with Crippen LogP contribution < -0.4 is 5.32 Å². The first kappa shape index (κ1) is 13.1. The van der Waals surface area contributed by atoms with Crippen LogP contribution in [-0.4, -0.2) is 35.5 Å². The van der Waals surface area contributed by atoms with Gasteiger partial charge in [-0.15, -0.1) is 0 Å². The smallest absolute Gasteiger partial charge is 0.226 e. The molecule has 0 aromatic heterocycles. The second-order valence-electron chi connectivity index (χ2n) is 6.83. The second-order valence-corrected chi connectivity index (χ2v) is 6.83. The molecule has 1 aromatic rings. The molecule has 1 unspecified atom stereocenters. The fourth-order valence-corrected chi connectivity index (χ4v) is 4.13. The van der Waals surface area contributed by atoms with Crippen LogP contribution in [0.25, 0.3) is 0 Å². The molecule has 1 saturated heterocycles. The summed E-state index contributed by atoms with van der Waals surface area (Å²) < 4.78 is 0. The first-order valence-electron chi connectivity index (χ1n) is 7.98. The molecule has 2 N–H and O–H groups in total. The average Bonchev–Trinajstić information content (AvgIpc) is 3.19. The van der Waals surface area contributed by atoms with E-state index in [-0.39, 0.29) is 5.92 Å². The van der Waals surface area contributed by atoms with Gasteiger partial charge in [0.15, 0.2) is 0 Å². The number of hydrogen-bond acceptors (Lipinski definition) is 3. The Morgan fingerprint density at radius 1 is 1.29 bits per heavy atom. The summed E-state index contributed by atoms with van der Waals surface area (Å²) in [5.41, 5.74) is 2.68. The monoisotopic (exact) mass is 286 g/mol. The Labute approximate surface area is 125 Å². The van der Waals surface area contributed by atoms with Crippen LogP contribution in [0.1, 0.15) is 30.4 Å². The van der Waals surface area contributed by atoms with Crippen LogP contribution in [0.5, 0.6) is 5.75 Å². The quantitative estimate of drug-likeness (QED) is 0.825. The number of nitrogens with one attached hydrogen (secondary N) is 1. The van der Waals surface area contributed by atoms with Gasteiger partial charge >= 0.3 is 0 Å². The molecular formula is C17H22N2O2. The Bertz CT molecular complexity index is 578. The molecule has 0 bridgehead atoms. The van der Waals surface area contributed by atoms with Gasteiger partial charge in [-0.3, -0.25) is 4.79 Å².